The molecule has 37 heavy (non-hydrogen) atoms. The number of aliphatic hydroxyl groups is 2. The molecule has 0 fully saturated rings. The Morgan fingerprint density at radius 3 is 2.41 bits per heavy atom. The summed E-state index contributed by atoms with van der Waals surface area (Å²) in [5.41, 5.74) is -1.52. The van der Waals surface area contributed by atoms with E-state index in [0.29, 0.717) is 21.5 Å². The highest BCUT2D eigenvalue weighted by molar-refractivity contribution is 9.10. The zero-order chi connectivity index (χ0) is 27.3. The fraction of sp³-hybridized carbons (Fsp3) is 0.350. The van der Waals surface area contributed by atoms with Gasteiger partial charge in [0.2, 0.25) is 0 Å². The minimum Gasteiger partial charge on any atom is -0.394 e. The van der Waals surface area contributed by atoms with Gasteiger partial charge in [0, 0.05) is 27.3 Å². The Bertz CT molecular complexity index is 1310. The summed E-state index contributed by atoms with van der Waals surface area (Å²) in [6.45, 7) is 0.252. The van der Waals surface area contributed by atoms with Crippen LogP contribution in [0.1, 0.15) is 6.92 Å². The number of halogens is 4. The van der Waals surface area contributed by atoms with Gasteiger partial charge >= 0.3 is 10.4 Å². The maximum Gasteiger partial charge on any atom is 0.397 e. The van der Waals surface area contributed by atoms with E-state index in [4.69, 9.17) is 8.92 Å². The van der Waals surface area contributed by atoms with E-state index in [1.807, 2.05) is 0 Å². The molecule has 0 bridgehead atoms. The Balaban J connectivity index is 1.95. The average molecular weight is 629 g/mol. The highest BCUT2D eigenvalue weighted by Crippen LogP contribution is 2.32. The third-order valence-corrected chi connectivity index (χ3v) is 6.76. The Morgan fingerprint density at radius 2 is 1.84 bits per heavy atom. The zero-order valence-corrected chi connectivity index (χ0v) is 22.0. The lowest BCUT2D eigenvalue weighted by Gasteiger charge is -2.30. The summed E-state index contributed by atoms with van der Waals surface area (Å²) in [6.07, 6.45) is 0.201. The van der Waals surface area contributed by atoms with Gasteiger partial charge in [0.05, 0.1) is 25.5 Å². The first-order valence-corrected chi connectivity index (χ1v) is 13.3. The summed E-state index contributed by atoms with van der Waals surface area (Å²) < 4.78 is 85.5. The number of aromatic nitrogens is 4. The van der Waals surface area contributed by atoms with Crippen LogP contribution in [-0.4, -0.2) is 73.5 Å². The summed E-state index contributed by atoms with van der Waals surface area (Å²) in [5.74, 6) is -4.55. The molecular formula is C20H20BrF3N4O7S2. The number of benzene rings is 1. The second kappa shape index (κ2) is 12.6. The quantitative estimate of drug-likeness (QED) is 0.117. The van der Waals surface area contributed by atoms with Crippen molar-refractivity contribution in [3.8, 4) is 11.3 Å². The van der Waals surface area contributed by atoms with E-state index in [1.165, 1.54) is 25.5 Å². The van der Waals surface area contributed by atoms with Gasteiger partial charge in [-0.05, 0) is 41.1 Å². The van der Waals surface area contributed by atoms with Crippen molar-refractivity contribution in [1.29, 1.82) is 0 Å². The van der Waals surface area contributed by atoms with Crippen molar-refractivity contribution in [2.75, 3.05) is 6.61 Å². The molecule has 1 aromatic carbocycles. The molecule has 0 aliphatic rings. The van der Waals surface area contributed by atoms with Crippen LogP contribution < -0.4 is 0 Å². The van der Waals surface area contributed by atoms with Crippen molar-refractivity contribution in [1.82, 2.24) is 20.0 Å². The first-order valence-electron chi connectivity index (χ1n) is 10.3. The molecule has 17 heteroatoms. The SMILES string of the molecule is C[C@@H](O)C(CO)OC(Sc1cncc(Br)c1)[C@H](Cn1cc(-c2cc(F)c(F)c(F)c2)nn1)OS(=O)(=O)O. The summed E-state index contributed by atoms with van der Waals surface area (Å²) in [7, 11) is -5.06. The third kappa shape index (κ3) is 8.44. The van der Waals surface area contributed by atoms with Gasteiger partial charge < -0.3 is 14.9 Å². The predicted molar refractivity (Wildman–Crippen MR) is 127 cm³/mol. The fourth-order valence-electron chi connectivity index (χ4n) is 2.99. The third-order valence-electron chi connectivity index (χ3n) is 4.69. The Labute approximate surface area is 221 Å². The van der Waals surface area contributed by atoms with Gasteiger partial charge in [-0.1, -0.05) is 17.0 Å². The summed E-state index contributed by atoms with van der Waals surface area (Å²) >= 11 is 4.16. The van der Waals surface area contributed by atoms with E-state index in [9.17, 15) is 36.4 Å². The molecule has 0 saturated heterocycles. The molecule has 3 N–H and O–H groups in total. The Hall–Kier alpha value is -2.12. The first kappa shape index (κ1) is 29.4. The molecule has 2 aromatic heterocycles. The van der Waals surface area contributed by atoms with Gasteiger partial charge in [-0.3, -0.25) is 9.54 Å². The van der Waals surface area contributed by atoms with E-state index in [1.54, 1.807) is 6.07 Å². The minimum absolute atomic E-state index is 0.0815. The van der Waals surface area contributed by atoms with E-state index >= 15 is 0 Å². The Kier molecular flexibility index (Phi) is 10.0. The van der Waals surface area contributed by atoms with Gasteiger partial charge in [-0.25, -0.2) is 22.0 Å². The number of nitrogens with zero attached hydrogens (tertiary/aromatic N) is 4. The van der Waals surface area contributed by atoms with Crippen molar-refractivity contribution in [3.63, 3.8) is 0 Å². The second-order valence-electron chi connectivity index (χ2n) is 7.56. The molecule has 0 spiro atoms. The summed E-state index contributed by atoms with van der Waals surface area (Å²) in [6, 6.07) is 3.03. The smallest absolute Gasteiger partial charge is 0.394 e. The van der Waals surface area contributed by atoms with Crippen LogP contribution in [0.25, 0.3) is 11.3 Å². The lowest BCUT2D eigenvalue weighted by atomic mass is 10.1. The molecular weight excluding hydrogens is 609 g/mol. The van der Waals surface area contributed by atoms with Crippen LogP contribution in [0, 0.1) is 17.5 Å². The predicted octanol–water partition coefficient (Wildman–Crippen LogP) is 2.58. The van der Waals surface area contributed by atoms with E-state index in [0.717, 1.165) is 16.4 Å². The lowest BCUT2D eigenvalue weighted by Crippen LogP contribution is -2.41. The van der Waals surface area contributed by atoms with Crippen LogP contribution in [0.3, 0.4) is 0 Å². The molecule has 2 heterocycles. The number of hydrogen-bond donors (Lipinski definition) is 3. The number of rotatable bonds is 12. The maximum absolute atomic E-state index is 13.6. The van der Waals surface area contributed by atoms with Gasteiger partial charge in [0.25, 0.3) is 0 Å². The molecule has 3 rings (SSSR count). The number of aliphatic hydroxyl groups excluding tert-OH is 2. The molecule has 2 unspecified atom stereocenters. The molecule has 202 valence electrons. The minimum atomic E-state index is -5.06. The number of ether oxygens (including phenoxy) is 1. The molecule has 0 saturated carbocycles. The van der Waals surface area contributed by atoms with Crippen molar-refractivity contribution in [2.45, 2.75) is 42.1 Å². The molecule has 3 aromatic rings. The van der Waals surface area contributed by atoms with E-state index < -0.39 is 64.8 Å². The largest absolute Gasteiger partial charge is 0.397 e. The van der Waals surface area contributed by atoms with Crippen LogP contribution in [0.15, 0.2) is 46.2 Å². The van der Waals surface area contributed by atoms with Crippen molar-refractivity contribution < 1.29 is 45.3 Å². The van der Waals surface area contributed by atoms with Crippen molar-refractivity contribution in [2.24, 2.45) is 0 Å². The molecule has 0 radical (unpaired) electrons. The lowest BCUT2D eigenvalue weighted by molar-refractivity contribution is -0.0928. The average Bonchev–Trinajstić information content (AvgIpc) is 3.27. The molecule has 11 nitrogen and oxygen atoms in total. The van der Waals surface area contributed by atoms with E-state index in [-0.39, 0.29) is 11.3 Å². The molecule has 0 aliphatic carbocycles. The first-order chi connectivity index (χ1) is 17.4. The Morgan fingerprint density at radius 1 is 1.16 bits per heavy atom. The molecule has 0 amide bonds. The van der Waals surface area contributed by atoms with E-state index in [2.05, 4.69) is 31.2 Å². The molecule has 4 atom stereocenters. The van der Waals surface area contributed by atoms with Crippen LogP contribution in [0.2, 0.25) is 0 Å². The number of hydrogen-bond acceptors (Lipinski definition) is 10. The summed E-state index contributed by atoms with van der Waals surface area (Å²) in [4.78, 5) is 4.46. The van der Waals surface area contributed by atoms with Crippen molar-refractivity contribution >= 4 is 38.1 Å². The highest BCUT2D eigenvalue weighted by atomic mass is 79.9. The standard InChI is InChI=1S/C20H20BrF3N4O7S2/c1-10(30)18(9-29)34-20(36-13-4-12(21)5-25-6-13)17(35-37(31,32)33)8-28-7-16(26-27-28)11-2-14(22)19(24)15(23)3-11/h2-7,10,17-18,20,29-30H,8-9H2,1H3,(H,31,32,33)/t10-,17+,18?,20?/m1/s1. The van der Waals surface area contributed by atoms with Crippen molar-refractivity contribution in [3.05, 3.63) is 58.7 Å². The number of thioether (sulfide) groups is 1. The molecule has 0 aliphatic heterocycles. The maximum atomic E-state index is 13.6. The topological polar surface area (TPSA) is 157 Å². The van der Waals surface area contributed by atoms with Gasteiger partial charge in [-0.15, -0.1) is 5.10 Å². The normalized spacial score (nSPS) is 15.4. The monoisotopic (exact) mass is 628 g/mol. The van der Waals surface area contributed by atoms with Gasteiger partial charge in [0.1, 0.15) is 23.3 Å². The van der Waals surface area contributed by atoms with Gasteiger partial charge in [0.15, 0.2) is 17.5 Å². The fourth-order valence-corrected chi connectivity index (χ4v) is 5.13. The second-order valence-corrected chi connectivity index (χ2v) is 10.7. The zero-order valence-electron chi connectivity index (χ0n) is 18.8. The van der Waals surface area contributed by atoms with Crippen LogP contribution in [-0.2, 0) is 25.9 Å². The number of pyridine rings is 1. The van der Waals surface area contributed by atoms with Crippen LogP contribution in [0.4, 0.5) is 13.2 Å². The van der Waals surface area contributed by atoms with Crippen LogP contribution >= 0.6 is 27.7 Å². The van der Waals surface area contributed by atoms with Crippen LogP contribution in [0.5, 0.6) is 0 Å². The van der Waals surface area contributed by atoms with Gasteiger partial charge in [-0.2, -0.15) is 8.42 Å². The summed E-state index contributed by atoms with van der Waals surface area (Å²) in [5, 5.41) is 27.1. The highest BCUT2D eigenvalue weighted by Gasteiger charge is 2.33.